The van der Waals surface area contributed by atoms with Crippen LogP contribution in [0.25, 0.3) is 0 Å². The van der Waals surface area contributed by atoms with E-state index < -0.39 is 0 Å². The van der Waals surface area contributed by atoms with Crippen LogP contribution < -0.4 is 10.7 Å². The molecule has 0 aliphatic heterocycles. The van der Waals surface area contributed by atoms with Gasteiger partial charge in [0, 0.05) is 20.7 Å². The van der Waals surface area contributed by atoms with Crippen LogP contribution in [0.3, 0.4) is 0 Å². The smallest absolute Gasteiger partial charge is 0.187 e. The Labute approximate surface area is 144 Å². The summed E-state index contributed by atoms with van der Waals surface area (Å²) < 4.78 is 0.166. The molecule has 0 aliphatic rings. The third-order valence-electron chi connectivity index (χ3n) is 3.04. The predicted molar refractivity (Wildman–Crippen MR) is 103 cm³/mol. The van der Waals surface area contributed by atoms with Crippen molar-refractivity contribution < 1.29 is 0 Å². The van der Waals surface area contributed by atoms with Crippen molar-refractivity contribution in [3.8, 4) is 0 Å². The van der Waals surface area contributed by atoms with E-state index in [0.717, 1.165) is 12.0 Å². The third-order valence-corrected chi connectivity index (χ3v) is 4.44. The second kappa shape index (κ2) is 7.97. The Morgan fingerprint density at radius 2 is 1.86 bits per heavy atom. The van der Waals surface area contributed by atoms with Gasteiger partial charge in [0.25, 0.3) is 0 Å². The average molecular weight is 338 g/mol. The minimum atomic E-state index is -0.0282. The van der Waals surface area contributed by atoms with Crippen LogP contribution in [0.2, 0.25) is 0 Å². The van der Waals surface area contributed by atoms with E-state index in [0.29, 0.717) is 5.11 Å². The van der Waals surface area contributed by atoms with Crippen LogP contribution in [0.5, 0.6) is 0 Å². The molecule has 0 radical (unpaired) electrons. The van der Waals surface area contributed by atoms with Crippen LogP contribution in [-0.4, -0.2) is 21.6 Å². The van der Waals surface area contributed by atoms with Crippen LogP contribution in [-0.2, 0) is 0 Å². The number of hydrogen-bond acceptors (Lipinski definition) is 3. The summed E-state index contributed by atoms with van der Waals surface area (Å²) in [7, 11) is 0. The van der Waals surface area contributed by atoms with Crippen LogP contribution in [0.15, 0.2) is 34.3 Å². The summed E-state index contributed by atoms with van der Waals surface area (Å²) >= 11 is 7.10. The molecule has 0 amide bonds. The van der Waals surface area contributed by atoms with E-state index in [1.807, 2.05) is 24.0 Å². The molecule has 22 heavy (non-hydrogen) atoms. The summed E-state index contributed by atoms with van der Waals surface area (Å²) in [6.45, 7) is 13.0. The third kappa shape index (κ3) is 7.27. The number of thiocarbonyl (C=S) groups is 1. The maximum atomic E-state index is 5.26. The highest BCUT2D eigenvalue weighted by atomic mass is 32.2. The Morgan fingerprint density at radius 3 is 2.45 bits per heavy atom. The molecular weight excluding hydrogens is 310 g/mol. The topological polar surface area (TPSA) is 36.4 Å². The molecule has 0 heterocycles. The predicted octanol–water partition coefficient (Wildman–Crippen LogP) is 4.56. The summed E-state index contributed by atoms with van der Waals surface area (Å²) in [5.41, 5.74) is 3.95. The SMILES string of the molecule is CCC(C)(C)NC(=S)NN=Cc1ccccc1SC(C)(C)C. The maximum absolute atomic E-state index is 5.26. The van der Waals surface area contributed by atoms with E-state index in [1.165, 1.54) is 4.90 Å². The first-order chi connectivity index (χ1) is 10.1. The largest absolute Gasteiger partial charge is 0.356 e. The fraction of sp³-hybridized carbons (Fsp3) is 0.529. The number of hydrogen-bond donors (Lipinski definition) is 2. The maximum Gasteiger partial charge on any atom is 0.187 e. The van der Waals surface area contributed by atoms with E-state index in [2.05, 4.69) is 75.6 Å². The first-order valence-electron chi connectivity index (χ1n) is 7.52. The average Bonchev–Trinajstić information content (AvgIpc) is 2.38. The lowest BCUT2D eigenvalue weighted by Crippen LogP contribution is -2.46. The molecule has 0 saturated carbocycles. The van der Waals surface area contributed by atoms with Crippen LogP contribution >= 0.6 is 24.0 Å². The summed E-state index contributed by atoms with van der Waals surface area (Å²) in [4.78, 5) is 1.22. The Bertz CT molecular complexity index is 531. The van der Waals surface area contributed by atoms with E-state index >= 15 is 0 Å². The highest BCUT2D eigenvalue weighted by Gasteiger charge is 2.15. The first kappa shape index (κ1) is 19.0. The summed E-state index contributed by atoms with van der Waals surface area (Å²) in [5, 5.41) is 8.05. The van der Waals surface area contributed by atoms with E-state index in [-0.39, 0.29) is 10.3 Å². The zero-order valence-electron chi connectivity index (χ0n) is 14.4. The van der Waals surface area contributed by atoms with Crippen molar-refractivity contribution in [2.45, 2.75) is 63.1 Å². The molecule has 2 N–H and O–H groups in total. The molecule has 0 saturated heterocycles. The molecular formula is C17H27N3S2. The summed E-state index contributed by atoms with van der Waals surface area (Å²) in [5.74, 6) is 0. The van der Waals surface area contributed by atoms with Gasteiger partial charge in [-0.05, 0) is 38.6 Å². The van der Waals surface area contributed by atoms with E-state index in [1.54, 1.807) is 0 Å². The zero-order valence-corrected chi connectivity index (χ0v) is 16.0. The lowest BCUT2D eigenvalue weighted by Gasteiger charge is -2.25. The van der Waals surface area contributed by atoms with E-state index in [9.17, 15) is 0 Å². The molecule has 1 aromatic rings. The number of rotatable bonds is 5. The Hall–Kier alpha value is -1.07. The molecule has 0 atom stereocenters. The van der Waals surface area contributed by atoms with Gasteiger partial charge in [0.15, 0.2) is 5.11 Å². The van der Waals surface area contributed by atoms with Gasteiger partial charge in [-0.3, -0.25) is 5.43 Å². The van der Waals surface area contributed by atoms with E-state index in [4.69, 9.17) is 12.2 Å². The standard InChI is InChI=1S/C17H27N3S2/c1-7-17(5,6)19-15(21)20-18-12-13-10-8-9-11-14(13)22-16(2,3)4/h8-12H,7H2,1-6H3,(H2,19,20,21). The van der Waals surface area contributed by atoms with Gasteiger partial charge in [-0.2, -0.15) is 5.10 Å². The van der Waals surface area contributed by atoms with Crippen LogP contribution in [0, 0.1) is 0 Å². The van der Waals surface area contributed by atoms with Crippen molar-refractivity contribution in [2.24, 2.45) is 5.10 Å². The molecule has 122 valence electrons. The van der Waals surface area contributed by atoms with Crippen molar-refractivity contribution >= 4 is 35.3 Å². The van der Waals surface area contributed by atoms with Gasteiger partial charge >= 0.3 is 0 Å². The molecule has 0 aromatic heterocycles. The highest BCUT2D eigenvalue weighted by Crippen LogP contribution is 2.33. The Morgan fingerprint density at radius 1 is 1.23 bits per heavy atom. The Balaban J connectivity index is 2.69. The van der Waals surface area contributed by atoms with Gasteiger partial charge in [0.05, 0.1) is 6.21 Å². The number of nitrogens with zero attached hydrogens (tertiary/aromatic N) is 1. The fourth-order valence-electron chi connectivity index (χ4n) is 1.59. The molecule has 0 bridgehead atoms. The molecule has 1 aromatic carbocycles. The second-order valence-electron chi connectivity index (χ2n) is 6.81. The molecule has 0 unspecified atom stereocenters. The van der Waals surface area contributed by atoms with Crippen molar-refractivity contribution in [1.29, 1.82) is 0 Å². The van der Waals surface area contributed by atoms with Crippen LogP contribution in [0.1, 0.15) is 53.5 Å². The number of benzene rings is 1. The minimum absolute atomic E-state index is 0.0282. The van der Waals surface area contributed by atoms with Crippen molar-refractivity contribution in [3.05, 3.63) is 29.8 Å². The number of nitrogens with one attached hydrogen (secondary N) is 2. The number of thioether (sulfide) groups is 1. The van der Waals surface area contributed by atoms with Gasteiger partial charge in [-0.1, -0.05) is 45.9 Å². The lowest BCUT2D eigenvalue weighted by atomic mass is 10.0. The summed E-state index contributed by atoms with van der Waals surface area (Å²) in [6, 6.07) is 8.25. The fourth-order valence-corrected chi connectivity index (χ4v) is 2.97. The molecule has 1 rings (SSSR count). The molecule has 0 fully saturated rings. The normalized spacial score (nSPS) is 12.5. The van der Waals surface area contributed by atoms with Crippen molar-refractivity contribution in [1.82, 2.24) is 10.7 Å². The molecule has 5 heteroatoms. The van der Waals surface area contributed by atoms with Crippen LogP contribution in [0.4, 0.5) is 0 Å². The quantitative estimate of drug-likeness (QED) is 0.357. The summed E-state index contributed by atoms with van der Waals surface area (Å²) in [6.07, 6.45) is 2.81. The Kier molecular flexibility index (Phi) is 6.88. The monoisotopic (exact) mass is 337 g/mol. The van der Waals surface area contributed by atoms with Gasteiger partial charge in [-0.15, -0.1) is 11.8 Å². The number of hydrazone groups is 1. The minimum Gasteiger partial charge on any atom is -0.356 e. The molecule has 3 nitrogen and oxygen atoms in total. The lowest BCUT2D eigenvalue weighted by molar-refractivity contribution is 0.443. The zero-order chi connectivity index (χ0) is 16.8. The first-order valence-corrected chi connectivity index (χ1v) is 8.75. The highest BCUT2D eigenvalue weighted by molar-refractivity contribution is 8.00. The second-order valence-corrected chi connectivity index (χ2v) is 9.09. The van der Waals surface area contributed by atoms with Gasteiger partial charge in [0.1, 0.15) is 0 Å². The van der Waals surface area contributed by atoms with Gasteiger partial charge in [-0.25, -0.2) is 0 Å². The van der Waals surface area contributed by atoms with Crippen molar-refractivity contribution in [2.75, 3.05) is 0 Å². The molecule has 0 spiro atoms. The van der Waals surface area contributed by atoms with Crippen molar-refractivity contribution in [3.63, 3.8) is 0 Å². The molecule has 0 aliphatic carbocycles. The van der Waals surface area contributed by atoms with Gasteiger partial charge in [0.2, 0.25) is 0 Å². The van der Waals surface area contributed by atoms with Gasteiger partial charge < -0.3 is 5.32 Å².